The largest absolute Gasteiger partial charge is 0.448 e. The highest BCUT2D eigenvalue weighted by molar-refractivity contribution is 6.17. The van der Waals surface area contributed by atoms with E-state index < -0.39 is 23.7 Å². The van der Waals surface area contributed by atoms with E-state index in [1.165, 1.54) is 4.90 Å². The summed E-state index contributed by atoms with van der Waals surface area (Å²) in [5.41, 5.74) is 2.06. The number of ether oxygens (including phenoxy) is 2. The molecule has 126 valence electrons. The third kappa shape index (κ3) is 3.96. The second kappa shape index (κ2) is 6.79. The first-order chi connectivity index (χ1) is 10.8. The number of amides is 1. The molecule has 0 fully saturated rings. The van der Waals surface area contributed by atoms with Crippen molar-refractivity contribution in [3.8, 4) is 0 Å². The van der Waals surface area contributed by atoms with Crippen LogP contribution in [0.5, 0.6) is 0 Å². The van der Waals surface area contributed by atoms with Gasteiger partial charge in [0.15, 0.2) is 6.07 Å². The maximum absolute atomic E-state index is 12.6. The second-order valence-electron chi connectivity index (χ2n) is 6.46. The maximum Gasteiger partial charge on any atom is 0.415 e. The van der Waals surface area contributed by atoms with Gasteiger partial charge >= 0.3 is 12.1 Å². The van der Waals surface area contributed by atoms with Crippen molar-refractivity contribution in [1.82, 2.24) is 0 Å². The van der Waals surface area contributed by atoms with Crippen molar-refractivity contribution in [3.63, 3.8) is 0 Å². The molecule has 1 aliphatic heterocycles. The van der Waals surface area contributed by atoms with Gasteiger partial charge in [0.05, 0.1) is 5.69 Å². The average Bonchev–Trinajstić information content (AvgIpc) is 2.84. The number of nitrogens with zero attached hydrogens (tertiary/aromatic N) is 1. The molecule has 23 heavy (non-hydrogen) atoms. The van der Waals surface area contributed by atoms with Gasteiger partial charge in [-0.15, -0.1) is 0 Å². The molecule has 0 N–H and O–H groups in total. The van der Waals surface area contributed by atoms with Crippen LogP contribution in [-0.4, -0.2) is 29.8 Å². The Kier molecular flexibility index (Phi) is 5.19. The van der Waals surface area contributed by atoms with Crippen molar-refractivity contribution in [1.29, 1.82) is 0 Å². The highest BCUT2D eigenvalue weighted by atomic mass is 35.5. The number of aryl methyl sites for hydroxylation is 1. The first-order valence-corrected chi connectivity index (χ1v) is 8.17. The predicted octanol–water partition coefficient (Wildman–Crippen LogP) is 3.65. The fourth-order valence-electron chi connectivity index (χ4n) is 2.57. The number of halogens is 1. The van der Waals surface area contributed by atoms with Gasteiger partial charge in [0.2, 0.25) is 0 Å². The first-order valence-electron chi connectivity index (χ1n) is 7.63. The minimum absolute atomic E-state index is 0.242. The molecule has 1 amide bonds. The third-order valence-corrected chi connectivity index (χ3v) is 3.71. The highest BCUT2D eigenvalue weighted by Crippen LogP contribution is 2.35. The van der Waals surface area contributed by atoms with Gasteiger partial charge < -0.3 is 9.47 Å². The number of carbonyl (C=O) groups excluding carboxylic acids is 2. The summed E-state index contributed by atoms with van der Waals surface area (Å²) in [6, 6.07) is 4.88. The molecule has 1 heterocycles. The summed E-state index contributed by atoms with van der Waals surface area (Å²) < 4.78 is 10.4. The van der Waals surface area contributed by atoms with Crippen LogP contribution < -0.4 is 4.90 Å². The first kappa shape index (κ1) is 17.6. The SMILES string of the molecule is CCc1ccc2c(c1)N(C(=O)OC(C)(C)C)C(C(=O)OCCl)C2. The lowest BCUT2D eigenvalue weighted by Gasteiger charge is -2.28. The predicted molar refractivity (Wildman–Crippen MR) is 88.8 cm³/mol. The van der Waals surface area contributed by atoms with Crippen LogP contribution in [0.25, 0.3) is 0 Å². The van der Waals surface area contributed by atoms with Crippen LogP contribution in [0.4, 0.5) is 10.5 Å². The lowest BCUT2D eigenvalue weighted by Crippen LogP contribution is -2.46. The molecule has 5 nitrogen and oxygen atoms in total. The van der Waals surface area contributed by atoms with Crippen LogP contribution in [0.1, 0.15) is 38.8 Å². The van der Waals surface area contributed by atoms with E-state index >= 15 is 0 Å². The van der Waals surface area contributed by atoms with Gasteiger partial charge in [-0.1, -0.05) is 30.7 Å². The molecule has 0 saturated carbocycles. The van der Waals surface area contributed by atoms with E-state index in [2.05, 4.69) is 0 Å². The summed E-state index contributed by atoms with van der Waals surface area (Å²) in [4.78, 5) is 26.2. The second-order valence-corrected chi connectivity index (χ2v) is 6.68. The van der Waals surface area contributed by atoms with Gasteiger partial charge in [-0.2, -0.15) is 0 Å². The molecule has 0 radical (unpaired) electrons. The molecule has 0 spiro atoms. The molecule has 1 aliphatic rings. The van der Waals surface area contributed by atoms with Crippen LogP contribution in [0.3, 0.4) is 0 Å². The number of anilines is 1. The lowest BCUT2D eigenvalue weighted by atomic mass is 10.1. The maximum atomic E-state index is 12.6. The van der Waals surface area contributed by atoms with Gasteiger partial charge in [0, 0.05) is 6.42 Å². The third-order valence-electron chi connectivity index (χ3n) is 3.60. The molecule has 1 aromatic rings. The van der Waals surface area contributed by atoms with Gasteiger partial charge in [0.25, 0.3) is 0 Å². The Hall–Kier alpha value is -1.75. The number of fused-ring (bicyclic) bond motifs is 1. The van der Waals surface area contributed by atoms with Crippen molar-refractivity contribution in [2.45, 2.75) is 52.2 Å². The minimum atomic E-state index is -0.745. The van der Waals surface area contributed by atoms with Gasteiger partial charge in [0.1, 0.15) is 11.6 Å². The van der Waals surface area contributed by atoms with E-state index in [1.807, 2.05) is 25.1 Å². The Balaban J connectivity index is 2.39. The van der Waals surface area contributed by atoms with E-state index in [0.717, 1.165) is 17.5 Å². The standard InChI is InChI=1S/C17H22ClNO4/c1-5-11-6-7-12-9-14(15(20)22-10-18)19(13(12)8-11)16(21)23-17(2,3)4/h6-8,14H,5,9-10H2,1-4H3. The van der Waals surface area contributed by atoms with Crippen LogP contribution in [0.2, 0.25) is 0 Å². The summed E-state index contributed by atoms with van der Waals surface area (Å²) in [5.74, 6) is -0.528. The topological polar surface area (TPSA) is 55.8 Å². The van der Waals surface area contributed by atoms with Gasteiger partial charge in [-0.05, 0) is 44.4 Å². The number of benzene rings is 1. The molecular formula is C17H22ClNO4. The van der Waals surface area contributed by atoms with Crippen molar-refractivity contribution >= 4 is 29.4 Å². The lowest BCUT2D eigenvalue weighted by molar-refractivity contribution is -0.143. The Morgan fingerprint density at radius 1 is 1.35 bits per heavy atom. The molecule has 2 rings (SSSR count). The molecule has 1 unspecified atom stereocenters. The van der Waals surface area contributed by atoms with E-state index in [4.69, 9.17) is 21.1 Å². The smallest absolute Gasteiger partial charge is 0.415 e. The average molecular weight is 340 g/mol. The van der Waals surface area contributed by atoms with E-state index in [0.29, 0.717) is 12.1 Å². The van der Waals surface area contributed by atoms with Gasteiger partial charge in [-0.3, -0.25) is 4.90 Å². The molecule has 1 atom stereocenters. The summed E-state index contributed by atoms with van der Waals surface area (Å²) in [6.07, 6.45) is 0.682. The quantitative estimate of drug-likeness (QED) is 0.623. The number of hydrogen-bond donors (Lipinski definition) is 0. The highest BCUT2D eigenvalue weighted by Gasteiger charge is 2.41. The molecule has 0 bridgehead atoms. The summed E-state index contributed by atoms with van der Waals surface area (Å²) in [6.45, 7) is 7.40. The van der Waals surface area contributed by atoms with Crippen molar-refractivity contribution in [2.24, 2.45) is 0 Å². The molecular weight excluding hydrogens is 318 g/mol. The minimum Gasteiger partial charge on any atom is -0.448 e. The fraction of sp³-hybridized carbons (Fsp3) is 0.529. The Bertz CT molecular complexity index is 609. The summed E-state index contributed by atoms with van der Waals surface area (Å²) in [5, 5.41) is 0. The fourth-order valence-corrected chi connectivity index (χ4v) is 2.68. The van der Waals surface area contributed by atoms with E-state index in [9.17, 15) is 9.59 Å². The van der Waals surface area contributed by atoms with Crippen molar-refractivity contribution < 1.29 is 19.1 Å². The van der Waals surface area contributed by atoms with Crippen LogP contribution in [-0.2, 0) is 27.1 Å². The van der Waals surface area contributed by atoms with Crippen molar-refractivity contribution in [3.05, 3.63) is 29.3 Å². The van der Waals surface area contributed by atoms with Gasteiger partial charge in [-0.25, -0.2) is 9.59 Å². The van der Waals surface area contributed by atoms with Crippen LogP contribution >= 0.6 is 11.6 Å². The van der Waals surface area contributed by atoms with E-state index in [1.54, 1.807) is 20.8 Å². The Morgan fingerprint density at radius 3 is 2.61 bits per heavy atom. The zero-order valence-corrected chi connectivity index (χ0v) is 14.6. The summed E-state index contributed by atoms with van der Waals surface area (Å²) >= 11 is 5.49. The Morgan fingerprint density at radius 2 is 2.04 bits per heavy atom. The number of alkyl halides is 1. The number of carbonyl (C=O) groups is 2. The van der Waals surface area contributed by atoms with Crippen LogP contribution in [0.15, 0.2) is 18.2 Å². The Labute approximate surface area is 141 Å². The molecule has 0 aliphatic carbocycles. The monoisotopic (exact) mass is 339 g/mol. The number of rotatable bonds is 3. The molecule has 0 aromatic heterocycles. The molecule has 6 heteroatoms. The number of esters is 1. The van der Waals surface area contributed by atoms with E-state index in [-0.39, 0.29) is 6.07 Å². The van der Waals surface area contributed by atoms with Crippen LogP contribution in [0, 0.1) is 0 Å². The van der Waals surface area contributed by atoms with Crippen molar-refractivity contribution in [2.75, 3.05) is 11.0 Å². The summed E-state index contributed by atoms with van der Waals surface area (Å²) in [7, 11) is 0. The molecule has 1 aromatic carbocycles. The zero-order valence-electron chi connectivity index (χ0n) is 13.9. The normalized spacial score (nSPS) is 16.9. The zero-order chi connectivity index (χ0) is 17.2. The number of hydrogen-bond acceptors (Lipinski definition) is 4. The molecule has 0 saturated heterocycles.